The lowest BCUT2D eigenvalue weighted by Gasteiger charge is -2.12. The molecule has 4 rings (SSSR count). The fourth-order valence-corrected chi connectivity index (χ4v) is 3.17. The van der Waals surface area contributed by atoms with E-state index in [1.807, 2.05) is 55.4 Å². The standard InChI is InChI=1S/C24H21ClN4O2/c1-28(2)19-11-7-17(8-12-19)15-26-29-23(16-31-20-13-9-18(25)10-14-20)27-22-6-4-3-5-21(22)24(29)30/h3-15H,16H2,1-2H3. The molecule has 0 fully saturated rings. The first-order valence-electron chi connectivity index (χ1n) is 9.72. The number of anilines is 1. The lowest BCUT2D eigenvalue weighted by molar-refractivity contribution is 0.289. The highest BCUT2D eigenvalue weighted by Crippen LogP contribution is 2.17. The first-order valence-corrected chi connectivity index (χ1v) is 10.1. The summed E-state index contributed by atoms with van der Waals surface area (Å²) in [6.07, 6.45) is 1.64. The lowest BCUT2D eigenvalue weighted by atomic mass is 10.2. The van der Waals surface area contributed by atoms with Gasteiger partial charge in [-0.2, -0.15) is 9.78 Å². The zero-order valence-corrected chi connectivity index (χ0v) is 18.0. The summed E-state index contributed by atoms with van der Waals surface area (Å²) in [6.45, 7) is 0.0820. The van der Waals surface area contributed by atoms with Gasteiger partial charge in [0.2, 0.25) is 0 Å². The van der Waals surface area contributed by atoms with Crippen molar-refractivity contribution in [3.63, 3.8) is 0 Å². The predicted molar refractivity (Wildman–Crippen MR) is 126 cm³/mol. The van der Waals surface area contributed by atoms with E-state index >= 15 is 0 Å². The molecule has 0 radical (unpaired) electrons. The highest BCUT2D eigenvalue weighted by Gasteiger charge is 2.11. The lowest BCUT2D eigenvalue weighted by Crippen LogP contribution is -2.23. The van der Waals surface area contributed by atoms with E-state index in [2.05, 4.69) is 10.1 Å². The van der Waals surface area contributed by atoms with Gasteiger partial charge in [-0.3, -0.25) is 4.79 Å². The van der Waals surface area contributed by atoms with Crippen molar-refractivity contribution < 1.29 is 4.74 Å². The molecular weight excluding hydrogens is 412 g/mol. The monoisotopic (exact) mass is 432 g/mol. The van der Waals surface area contributed by atoms with Crippen molar-refractivity contribution in [1.82, 2.24) is 9.66 Å². The molecule has 0 saturated carbocycles. The third kappa shape index (κ3) is 4.75. The summed E-state index contributed by atoms with van der Waals surface area (Å²) >= 11 is 5.93. The molecule has 0 bridgehead atoms. The molecule has 0 aliphatic rings. The number of benzene rings is 3. The van der Waals surface area contributed by atoms with Gasteiger partial charge >= 0.3 is 0 Å². The number of ether oxygens (including phenoxy) is 1. The van der Waals surface area contributed by atoms with Crippen molar-refractivity contribution in [2.24, 2.45) is 5.10 Å². The fraction of sp³-hybridized carbons (Fsp3) is 0.125. The fourth-order valence-electron chi connectivity index (χ4n) is 3.04. The molecule has 0 spiro atoms. The molecule has 156 valence electrons. The molecule has 1 aromatic heterocycles. The van der Waals surface area contributed by atoms with Gasteiger partial charge in [-0.05, 0) is 54.1 Å². The molecule has 4 aromatic rings. The van der Waals surface area contributed by atoms with Crippen molar-refractivity contribution in [2.75, 3.05) is 19.0 Å². The maximum atomic E-state index is 13.1. The minimum absolute atomic E-state index is 0.0820. The Labute approximate surface area is 185 Å². The van der Waals surface area contributed by atoms with Gasteiger partial charge in [-0.25, -0.2) is 4.98 Å². The highest BCUT2D eigenvalue weighted by molar-refractivity contribution is 6.30. The van der Waals surface area contributed by atoms with Crippen LogP contribution in [0.2, 0.25) is 5.02 Å². The average Bonchev–Trinajstić information content (AvgIpc) is 2.78. The van der Waals surface area contributed by atoms with Gasteiger partial charge in [0, 0.05) is 24.8 Å². The van der Waals surface area contributed by atoms with Crippen LogP contribution in [0.4, 0.5) is 5.69 Å². The van der Waals surface area contributed by atoms with Crippen LogP contribution in [0.1, 0.15) is 11.4 Å². The largest absolute Gasteiger partial charge is 0.486 e. The number of halogens is 1. The quantitative estimate of drug-likeness (QED) is 0.418. The summed E-state index contributed by atoms with van der Waals surface area (Å²) in [5, 5.41) is 5.55. The second-order valence-corrected chi connectivity index (χ2v) is 7.57. The number of hydrogen-bond acceptors (Lipinski definition) is 5. The Morgan fingerprint density at radius 3 is 2.45 bits per heavy atom. The number of hydrogen-bond donors (Lipinski definition) is 0. The zero-order valence-electron chi connectivity index (χ0n) is 17.2. The predicted octanol–water partition coefficient (Wildman–Crippen LogP) is 4.58. The van der Waals surface area contributed by atoms with E-state index in [0.717, 1.165) is 11.3 Å². The maximum absolute atomic E-state index is 13.1. The summed E-state index contributed by atoms with van der Waals surface area (Å²) in [5.41, 5.74) is 2.31. The van der Waals surface area contributed by atoms with Gasteiger partial charge in [0.05, 0.1) is 17.1 Å². The Bertz CT molecular complexity index is 1280. The summed E-state index contributed by atoms with van der Waals surface area (Å²) in [5.74, 6) is 1.03. The van der Waals surface area contributed by atoms with Gasteiger partial charge in [-0.1, -0.05) is 35.9 Å². The van der Waals surface area contributed by atoms with Crippen LogP contribution >= 0.6 is 11.6 Å². The number of fused-ring (bicyclic) bond motifs is 1. The summed E-state index contributed by atoms with van der Waals surface area (Å²) < 4.78 is 7.12. The van der Waals surface area contributed by atoms with E-state index in [-0.39, 0.29) is 12.2 Å². The van der Waals surface area contributed by atoms with Crippen LogP contribution in [0, 0.1) is 0 Å². The Hall–Kier alpha value is -3.64. The second kappa shape index (κ2) is 9.02. The molecule has 7 heteroatoms. The minimum Gasteiger partial charge on any atom is -0.486 e. The van der Waals surface area contributed by atoms with E-state index in [4.69, 9.17) is 16.3 Å². The van der Waals surface area contributed by atoms with Crippen LogP contribution in [-0.2, 0) is 6.61 Å². The molecule has 1 heterocycles. The number of nitrogens with zero attached hydrogens (tertiary/aromatic N) is 4. The van der Waals surface area contributed by atoms with Gasteiger partial charge in [-0.15, -0.1) is 0 Å². The van der Waals surface area contributed by atoms with E-state index in [0.29, 0.717) is 27.5 Å². The third-order valence-electron chi connectivity index (χ3n) is 4.73. The van der Waals surface area contributed by atoms with Gasteiger partial charge in [0.25, 0.3) is 5.56 Å². The maximum Gasteiger partial charge on any atom is 0.282 e. The molecular formula is C24H21ClN4O2. The molecule has 0 aliphatic carbocycles. The Morgan fingerprint density at radius 2 is 1.74 bits per heavy atom. The first kappa shape index (κ1) is 20.6. The molecule has 0 unspecified atom stereocenters. The normalized spacial score (nSPS) is 11.2. The number of rotatable bonds is 6. The van der Waals surface area contributed by atoms with E-state index < -0.39 is 0 Å². The van der Waals surface area contributed by atoms with Gasteiger partial charge < -0.3 is 9.64 Å². The third-order valence-corrected chi connectivity index (χ3v) is 4.99. The number of aromatic nitrogens is 2. The van der Waals surface area contributed by atoms with Crippen molar-refractivity contribution in [2.45, 2.75) is 6.61 Å². The Kier molecular flexibility index (Phi) is 6.00. The molecule has 0 aliphatic heterocycles. The smallest absolute Gasteiger partial charge is 0.282 e. The number of para-hydroxylation sites is 1. The van der Waals surface area contributed by atoms with Crippen LogP contribution in [0.3, 0.4) is 0 Å². The Balaban J connectivity index is 1.69. The Morgan fingerprint density at radius 1 is 1.03 bits per heavy atom. The highest BCUT2D eigenvalue weighted by atomic mass is 35.5. The van der Waals surface area contributed by atoms with Gasteiger partial charge in [0.15, 0.2) is 5.82 Å². The molecule has 3 aromatic carbocycles. The van der Waals surface area contributed by atoms with Crippen molar-refractivity contribution in [1.29, 1.82) is 0 Å². The molecule has 6 nitrogen and oxygen atoms in total. The van der Waals surface area contributed by atoms with Crippen LogP contribution in [0.15, 0.2) is 82.7 Å². The van der Waals surface area contributed by atoms with E-state index in [1.165, 1.54) is 4.68 Å². The summed E-state index contributed by atoms with van der Waals surface area (Å²) in [4.78, 5) is 19.7. The van der Waals surface area contributed by atoms with Crippen molar-refractivity contribution in [3.8, 4) is 5.75 Å². The van der Waals surface area contributed by atoms with Crippen molar-refractivity contribution >= 4 is 34.4 Å². The molecule has 31 heavy (non-hydrogen) atoms. The summed E-state index contributed by atoms with van der Waals surface area (Å²) in [7, 11) is 3.97. The second-order valence-electron chi connectivity index (χ2n) is 7.14. The SMILES string of the molecule is CN(C)c1ccc(C=Nn2c(COc3ccc(Cl)cc3)nc3ccccc3c2=O)cc1. The van der Waals surface area contributed by atoms with Crippen LogP contribution in [0.25, 0.3) is 10.9 Å². The van der Waals surface area contributed by atoms with Crippen LogP contribution < -0.4 is 15.2 Å². The van der Waals surface area contributed by atoms with Gasteiger partial charge in [0.1, 0.15) is 12.4 Å². The molecule has 0 atom stereocenters. The molecule has 0 amide bonds. The van der Waals surface area contributed by atoms with E-state index in [1.54, 1.807) is 42.6 Å². The first-order chi connectivity index (χ1) is 15.0. The van der Waals surface area contributed by atoms with Crippen molar-refractivity contribution in [3.05, 3.63) is 99.6 Å². The molecule has 0 saturated heterocycles. The average molecular weight is 433 g/mol. The minimum atomic E-state index is -0.249. The summed E-state index contributed by atoms with van der Waals surface area (Å²) in [6, 6.07) is 22.1. The topological polar surface area (TPSA) is 59.7 Å². The van der Waals surface area contributed by atoms with E-state index in [9.17, 15) is 4.79 Å². The van der Waals surface area contributed by atoms with Crippen LogP contribution in [-0.4, -0.2) is 30.0 Å². The zero-order chi connectivity index (χ0) is 21.8. The van der Waals surface area contributed by atoms with Crippen LogP contribution in [0.5, 0.6) is 5.75 Å². The molecule has 0 N–H and O–H groups in total.